The standard InChI is InChI=1S/C52H99NO5/c1-3-5-7-9-11-13-15-16-17-18-19-20-21-22-23-24-25-26-27-28-29-30-31-32-33-34-35-36-38-39-41-43-45-49(55)51(57)48(47-54)53-52(58)50(56)46-44-42-40-37-14-12-10-8-6-4-2/h29-30,33-34,38-39,48-51,54-57H,3-28,31-32,35-37,40-47H2,1-2H3,(H,53,58)/b30-29+,34-33+,39-38+. The number of unbranched alkanes of at least 4 members (excludes halogenated alkanes) is 31. The first-order valence-corrected chi connectivity index (χ1v) is 25.4. The Morgan fingerprint density at radius 1 is 0.414 bits per heavy atom. The van der Waals surface area contributed by atoms with Gasteiger partial charge in [-0.2, -0.15) is 0 Å². The van der Waals surface area contributed by atoms with Gasteiger partial charge in [-0.1, -0.05) is 230 Å². The lowest BCUT2D eigenvalue weighted by Crippen LogP contribution is -2.53. The zero-order valence-corrected chi connectivity index (χ0v) is 38.5. The zero-order chi connectivity index (χ0) is 42.4. The molecule has 0 heterocycles. The highest BCUT2D eigenvalue weighted by atomic mass is 16.3. The van der Waals surface area contributed by atoms with E-state index in [1.54, 1.807) is 0 Å². The summed E-state index contributed by atoms with van der Waals surface area (Å²) in [5, 5.41) is 43.6. The van der Waals surface area contributed by atoms with Gasteiger partial charge in [-0.05, 0) is 64.2 Å². The molecular weight excluding hydrogens is 719 g/mol. The van der Waals surface area contributed by atoms with Crippen LogP contribution in [-0.2, 0) is 4.79 Å². The van der Waals surface area contributed by atoms with Crippen LogP contribution in [-0.4, -0.2) is 57.3 Å². The molecule has 4 unspecified atom stereocenters. The molecule has 0 aliphatic rings. The molecule has 6 heteroatoms. The van der Waals surface area contributed by atoms with E-state index in [1.807, 2.05) is 0 Å². The van der Waals surface area contributed by atoms with Crippen molar-refractivity contribution >= 4 is 5.91 Å². The number of aliphatic hydroxyl groups is 4. The largest absolute Gasteiger partial charge is 0.394 e. The maximum Gasteiger partial charge on any atom is 0.249 e. The van der Waals surface area contributed by atoms with E-state index < -0.39 is 36.9 Å². The zero-order valence-electron chi connectivity index (χ0n) is 38.5. The molecule has 0 saturated carbocycles. The van der Waals surface area contributed by atoms with Crippen molar-refractivity contribution in [3.05, 3.63) is 36.5 Å². The first kappa shape index (κ1) is 56.5. The lowest BCUT2D eigenvalue weighted by molar-refractivity contribution is -0.132. The number of nitrogens with one attached hydrogen (secondary N) is 1. The number of allylic oxidation sites excluding steroid dienone is 6. The molecule has 0 aromatic carbocycles. The molecule has 0 saturated heterocycles. The lowest BCUT2D eigenvalue weighted by atomic mass is 10.00. The molecule has 0 radical (unpaired) electrons. The van der Waals surface area contributed by atoms with Crippen LogP contribution in [0.4, 0.5) is 0 Å². The quantitative estimate of drug-likeness (QED) is 0.0310. The Labute approximate surface area is 360 Å². The minimum absolute atomic E-state index is 0.359. The molecule has 0 bridgehead atoms. The van der Waals surface area contributed by atoms with E-state index in [0.29, 0.717) is 19.3 Å². The van der Waals surface area contributed by atoms with Crippen molar-refractivity contribution in [2.75, 3.05) is 6.61 Å². The van der Waals surface area contributed by atoms with Gasteiger partial charge < -0.3 is 25.7 Å². The molecule has 0 fully saturated rings. The van der Waals surface area contributed by atoms with Gasteiger partial charge in [0.05, 0.1) is 18.8 Å². The minimum atomic E-state index is -1.29. The Bertz CT molecular complexity index is 919. The van der Waals surface area contributed by atoms with E-state index in [1.165, 1.54) is 173 Å². The molecule has 0 aromatic heterocycles. The van der Waals surface area contributed by atoms with Crippen LogP contribution < -0.4 is 5.32 Å². The molecule has 342 valence electrons. The van der Waals surface area contributed by atoms with Crippen LogP contribution in [0.1, 0.15) is 258 Å². The summed E-state index contributed by atoms with van der Waals surface area (Å²) in [6.07, 6.45) is 56.5. The first-order chi connectivity index (χ1) is 28.5. The maximum absolute atomic E-state index is 12.5. The van der Waals surface area contributed by atoms with Crippen molar-refractivity contribution in [3.8, 4) is 0 Å². The Balaban J connectivity index is 3.66. The normalized spacial score (nSPS) is 14.2. The highest BCUT2D eigenvalue weighted by Crippen LogP contribution is 2.16. The number of carbonyl (C=O) groups is 1. The van der Waals surface area contributed by atoms with Crippen LogP contribution in [0.3, 0.4) is 0 Å². The second-order valence-corrected chi connectivity index (χ2v) is 17.5. The second kappa shape index (κ2) is 46.6. The molecule has 5 N–H and O–H groups in total. The van der Waals surface area contributed by atoms with Crippen molar-refractivity contribution in [2.45, 2.75) is 282 Å². The van der Waals surface area contributed by atoms with Gasteiger partial charge in [0.15, 0.2) is 0 Å². The minimum Gasteiger partial charge on any atom is -0.394 e. The van der Waals surface area contributed by atoms with Gasteiger partial charge in [0.25, 0.3) is 0 Å². The molecule has 4 atom stereocenters. The van der Waals surface area contributed by atoms with E-state index in [-0.39, 0.29) is 0 Å². The Hall–Kier alpha value is -1.47. The third-order valence-corrected chi connectivity index (χ3v) is 11.8. The molecule has 0 aromatic rings. The Kier molecular flexibility index (Phi) is 45.4. The third-order valence-electron chi connectivity index (χ3n) is 11.8. The van der Waals surface area contributed by atoms with Crippen molar-refractivity contribution < 1.29 is 25.2 Å². The predicted molar refractivity (Wildman–Crippen MR) is 251 cm³/mol. The van der Waals surface area contributed by atoms with Gasteiger partial charge in [-0.3, -0.25) is 4.79 Å². The summed E-state index contributed by atoms with van der Waals surface area (Å²) in [4.78, 5) is 12.5. The third kappa shape index (κ3) is 40.0. The van der Waals surface area contributed by atoms with Gasteiger partial charge in [0, 0.05) is 0 Å². The topological polar surface area (TPSA) is 110 Å². The van der Waals surface area contributed by atoms with Crippen molar-refractivity contribution in [2.24, 2.45) is 0 Å². The van der Waals surface area contributed by atoms with Gasteiger partial charge >= 0.3 is 0 Å². The number of hydrogen-bond donors (Lipinski definition) is 5. The van der Waals surface area contributed by atoms with Crippen LogP contribution in [0, 0.1) is 0 Å². The molecule has 1 amide bonds. The van der Waals surface area contributed by atoms with E-state index in [0.717, 1.165) is 51.4 Å². The lowest BCUT2D eigenvalue weighted by Gasteiger charge is -2.27. The molecular formula is C52H99NO5. The second-order valence-electron chi connectivity index (χ2n) is 17.5. The number of amides is 1. The summed E-state index contributed by atoms with van der Waals surface area (Å²) < 4.78 is 0. The van der Waals surface area contributed by atoms with Crippen LogP contribution in [0.15, 0.2) is 36.5 Å². The predicted octanol–water partition coefficient (Wildman–Crippen LogP) is 14.1. The highest BCUT2D eigenvalue weighted by molar-refractivity contribution is 5.80. The monoisotopic (exact) mass is 818 g/mol. The van der Waals surface area contributed by atoms with E-state index >= 15 is 0 Å². The van der Waals surface area contributed by atoms with Crippen molar-refractivity contribution in [3.63, 3.8) is 0 Å². The fourth-order valence-electron chi connectivity index (χ4n) is 7.79. The number of carbonyl (C=O) groups excluding carboxylic acids is 1. The summed E-state index contributed by atoms with van der Waals surface area (Å²) in [7, 11) is 0. The summed E-state index contributed by atoms with van der Waals surface area (Å²) in [5.74, 6) is -0.601. The fraction of sp³-hybridized carbons (Fsp3) is 0.865. The smallest absolute Gasteiger partial charge is 0.249 e. The number of rotatable bonds is 46. The Morgan fingerprint density at radius 2 is 0.724 bits per heavy atom. The molecule has 0 aliphatic carbocycles. The van der Waals surface area contributed by atoms with Crippen LogP contribution in [0.25, 0.3) is 0 Å². The molecule has 6 nitrogen and oxygen atoms in total. The van der Waals surface area contributed by atoms with Gasteiger partial charge in [0.1, 0.15) is 12.2 Å². The van der Waals surface area contributed by atoms with Crippen LogP contribution >= 0.6 is 0 Å². The number of hydrogen-bond acceptors (Lipinski definition) is 5. The average Bonchev–Trinajstić information content (AvgIpc) is 3.23. The van der Waals surface area contributed by atoms with Crippen molar-refractivity contribution in [1.82, 2.24) is 5.32 Å². The van der Waals surface area contributed by atoms with Crippen LogP contribution in [0.2, 0.25) is 0 Å². The average molecular weight is 818 g/mol. The SMILES string of the molecule is CCCCCCCCCCCCCCCCCCCCC/C=C/CC/C=C/CC/C=C/CCCC(O)C(O)C(CO)NC(=O)C(O)CCCCCCCCCCCC. The van der Waals surface area contributed by atoms with Gasteiger partial charge in [-0.15, -0.1) is 0 Å². The molecule has 0 rings (SSSR count). The maximum atomic E-state index is 12.5. The summed E-state index contributed by atoms with van der Waals surface area (Å²) in [6.45, 7) is 4.02. The summed E-state index contributed by atoms with van der Waals surface area (Å²) >= 11 is 0. The number of aliphatic hydroxyl groups excluding tert-OH is 4. The Morgan fingerprint density at radius 3 is 1.09 bits per heavy atom. The molecule has 58 heavy (non-hydrogen) atoms. The van der Waals surface area contributed by atoms with E-state index in [9.17, 15) is 25.2 Å². The van der Waals surface area contributed by atoms with Gasteiger partial charge in [0.2, 0.25) is 5.91 Å². The summed E-state index contributed by atoms with van der Waals surface area (Å²) in [6, 6.07) is -1.01. The van der Waals surface area contributed by atoms with Crippen LogP contribution in [0.5, 0.6) is 0 Å². The fourth-order valence-corrected chi connectivity index (χ4v) is 7.79. The highest BCUT2D eigenvalue weighted by Gasteiger charge is 2.28. The van der Waals surface area contributed by atoms with E-state index in [4.69, 9.17) is 0 Å². The molecule has 0 aliphatic heterocycles. The summed E-state index contributed by atoms with van der Waals surface area (Å²) in [5.41, 5.74) is 0. The van der Waals surface area contributed by atoms with Crippen molar-refractivity contribution in [1.29, 1.82) is 0 Å². The molecule has 0 spiro atoms. The van der Waals surface area contributed by atoms with E-state index in [2.05, 4.69) is 55.6 Å². The van der Waals surface area contributed by atoms with Gasteiger partial charge in [-0.25, -0.2) is 0 Å². The first-order valence-electron chi connectivity index (χ1n) is 25.4.